The van der Waals surface area contributed by atoms with Crippen LogP contribution in [0.15, 0.2) is 35.4 Å². The van der Waals surface area contributed by atoms with Crippen molar-refractivity contribution in [3.8, 4) is 5.69 Å². The third-order valence-electron chi connectivity index (χ3n) is 3.89. The Balaban J connectivity index is 2.39. The maximum absolute atomic E-state index is 13.9. The van der Waals surface area contributed by atoms with Crippen LogP contribution in [0.3, 0.4) is 0 Å². The molecule has 24 heavy (non-hydrogen) atoms. The van der Waals surface area contributed by atoms with E-state index in [1.54, 1.807) is 25.1 Å². The Morgan fingerprint density at radius 2 is 2.12 bits per heavy atom. The first-order valence-electron chi connectivity index (χ1n) is 7.55. The predicted molar refractivity (Wildman–Crippen MR) is 92.2 cm³/mol. The molecule has 0 saturated carbocycles. The number of fused-ring (bicyclic) bond motifs is 1. The predicted octanol–water partition coefficient (Wildman–Crippen LogP) is 2.77. The highest BCUT2D eigenvalue weighted by Gasteiger charge is 2.17. The minimum absolute atomic E-state index is 0.305. The second-order valence-corrected chi connectivity index (χ2v) is 5.87. The van der Waals surface area contributed by atoms with E-state index < -0.39 is 5.82 Å². The van der Waals surface area contributed by atoms with Crippen LogP contribution in [0.2, 0.25) is 5.02 Å². The van der Waals surface area contributed by atoms with Crippen molar-refractivity contribution in [2.45, 2.75) is 19.8 Å². The number of nitrogens with two attached hydrogens (primary N) is 1. The summed E-state index contributed by atoms with van der Waals surface area (Å²) in [6.45, 7) is 2.06. The normalized spacial score (nSPS) is 11.2. The van der Waals surface area contributed by atoms with E-state index in [-0.39, 0.29) is 5.56 Å². The molecule has 3 rings (SSSR count). The lowest BCUT2D eigenvalue weighted by atomic mass is 10.2. The van der Waals surface area contributed by atoms with Crippen LogP contribution in [0, 0.1) is 12.7 Å². The van der Waals surface area contributed by atoms with Crippen LogP contribution in [0.25, 0.3) is 16.6 Å². The molecule has 7 heteroatoms. The highest BCUT2D eigenvalue weighted by molar-refractivity contribution is 6.35. The zero-order valence-electron chi connectivity index (χ0n) is 13.1. The number of hydrogen-bond acceptors (Lipinski definition) is 4. The van der Waals surface area contributed by atoms with Gasteiger partial charge in [0.1, 0.15) is 11.6 Å². The molecular formula is C17H16ClFN4O. The van der Waals surface area contributed by atoms with Crippen LogP contribution in [-0.2, 0) is 6.42 Å². The van der Waals surface area contributed by atoms with Gasteiger partial charge in [0.05, 0.1) is 34.0 Å². The van der Waals surface area contributed by atoms with Gasteiger partial charge in [-0.1, -0.05) is 17.7 Å². The molecular weight excluding hydrogens is 331 g/mol. The Labute approximate surface area is 142 Å². The van der Waals surface area contributed by atoms with Gasteiger partial charge < -0.3 is 5.73 Å². The molecule has 0 spiro atoms. The smallest absolute Gasteiger partial charge is 0.267 e. The third-order valence-corrected chi connectivity index (χ3v) is 4.20. The highest BCUT2D eigenvalue weighted by atomic mass is 35.5. The fourth-order valence-electron chi connectivity index (χ4n) is 2.63. The van der Waals surface area contributed by atoms with E-state index in [9.17, 15) is 9.18 Å². The summed E-state index contributed by atoms with van der Waals surface area (Å²) in [5.74, 6) is 0.0270. The zero-order valence-corrected chi connectivity index (χ0v) is 13.8. The number of rotatable bonds is 4. The number of pyridine rings is 1. The minimum atomic E-state index is -0.483. The summed E-state index contributed by atoms with van der Waals surface area (Å²) in [4.78, 5) is 21.5. The number of nitrogens with zero attached hydrogens (tertiary/aromatic N) is 3. The van der Waals surface area contributed by atoms with Crippen molar-refractivity contribution >= 4 is 22.5 Å². The van der Waals surface area contributed by atoms with E-state index in [2.05, 4.69) is 9.97 Å². The van der Waals surface area contributed by atoms with Crippen molar-refractivity contribution in [1.29, 1.82) is 0 Å². The van der Waals surface area contributed by atoms with Gasteiger partial charge in [0.15, 0.2) is 0 Å². The number of hydrogen-bond donors (Lipinski definition) is 1. The molecule has 0 aliphatic heterocycles. The molecule has 1 aromatic carbocycles. The van der Waals surface area contributed by atoms with Gasteiger partial charge in [-0.15, -0.1) is 0 Å². The Kier molecular flexibility index (Phi) is 4.59. The van der Waals surface area contributed by atoms with Gasteiger partial charge in [0.2, 0.25) is 0 Å². The molecule has 0 fully saturated rings. The molecule has 2 heterocycles. The van der Waals surface area contributed by atoms with E-state index in [0.29, 0.717) is 52.4 Å². The fraction of sp³-hybridized carbons (Fsp3) is 0.235. The second kappa shape index (κ2) is 6.67. The lowest BCUT2D eigenvalue weighted by Crippen LogP contribution is -2.25. The Bertz CT molecular complexity index is 971. The van der Waals surface area contributed by atoms with Crippen molar-refractivity contribution < 1.29 is 4.39 Å². The summed E-state index contributed by atoms with van der Waals surface area (Å²) in [6, 6.07) is 5.10. The van der Waals surface area contributed by atoms with Crippen molar-refractivity contribution in [3.05, 3.63) is 63.2 Å². The monoisotopic (exact) mass is 346 g/mol. The van der Waals surface area contributed by atoms with Gasteiger partial charge in [-0.2, -0.15) is 0 Å². The molecule has 5 nitrogen and oxygen atoms in total. The van der Waals surface area contributed by atoms with E-state index in [1.165, 1.54) is 10.8 Å². The molecule has 3 aromatic rings. The molecule has 0 amide bonds. The summed E-state index contributed by atoms with van der Waals surface area (Å²) < 4.78 is 15.3. The fourth-order valence-corrected chi connectivity index (χ4v) is 2.88. The van der Waals surface area contributed by atoms with Crippen LogP contribution in [0.4, 0.5) is 4.39 Å². The van der Waals surface area contributed by atoms with Gasteiger partial charge in [-0.3, -0.25) is 14.3 Å². The number of halogens is 2. The lowest BCUT2D eigenvalue weighted by molar-refractivity contribution is 0.608. The van der Waals surface area contributed by atoms with Crippen LogP contribution in [0.5, 0.6) is 0 Å². The molecule has 0 saturated heterocycles. The average molecular weight is 347 g/mol. The molecule has 124 valence electrons. The summed E-state index contributed by atoms with van der Waals surface area (Å²) >= 11 is 6.19. The van der Waals surface area contributed by atoms with Crippen molar-refractivity contribution in [2.24, 2.45) is 5.73 Å². The number of aromatic nitrogens is 3. The molecule has 0 aliphatic carbocycles. The van der Waals surface area contributed by atoms with Gasteiger partial charge in [0, 0.05) is 12.0 Å². The van der Waals surface area contributed by atoms with Crippen LogP contribution < -0.4 is 11.3 Å². The molecule has 0 aliphatic rings. The van der Waals surface area contributed by atoms with Crippen LogP contribution in [0.1, 0.15) is 17.8 Å². The lowest BCUT2D eigenvalue weighted by Gasteiger charge is -2.15. The standard InChI is InChI=1S/C17H16ClFN4O/c1-10-12(19)8-21-9-14(10)23-15(6-3-7-20)22-13-5-2-4-11(18)16(13)17(23)24/h2,4-5,8-9H,3,6-7,20H2,1H3. The Morgan fingerprint density at radius 3 is 2.88 bits per heavy atom. The molecule has 0 bridgehead atoms. The van der Waals surface area contributed by atoms with Crippen LogP contribution >= 0.6 is 11.6 Å². The number of aryl methyl sites for hydroxylation is 1. The molecule has 0 radical (unpaired) electrons. The minimum Gasteiger partial charge on any atom is -0.330 e. The summed E-state index contributed by atoms with van der Waals surface area (Å²) in [6.07, 6.45) is 3.71. The second-order valence-electron chi connectivity index (χ2n) is 5.46. The third kappa shape index (κ3) is 2.79. The molecule has 2 aromatic heterocycles. The number of benzene rings is 1. The SMILES string of the molecule is Cc1c(F)cncc1-n1c(CCCN)nc2cccc(Cl)c2c1=O. The quantitative estimate of drug-likeness (QED) is 0.788. The van der Waals surface area contributed by atoms with Gasteiger partial charge in [0.25, 0.3) is 5.56 Å². The molecule has 0 atom stereocenters. The van der Waals surface area contributed by atoms with Crippen molar-refractivity contribution in [3.63, 3.8) is 0 Å². The summed E-state index contributed by atoms with van der Waals surface area (Å²) in [5, 5.41) is 0.616. The van der Waals surface area contributed by atoms with E-state index in [0.717, 1.165) is 6.20 Å². The van der Waals surface area contributed by atoms with Crippen LogP contribution in [-0.4, -0.2) is 21.1 Å². The molecule has 2 N–H and O–H groups in total. The van der Waals surface area contributed by atoms with E-state index in [1.807, 2.05) is 0 Å². The highest BCUT2D eigenvalue weighted by Crippen LogP contribution is 2.22. The summed E-state index contributed by atoms with van der Waals surface area (Å²) in [5.41, 5.74) is 6.45. The first-order chi connectivity index (χ1) is 11.5. The first-order valence-corrected chi connectivity index (χ1v) is 7.93. The van der Waals surface area contributed by atoms with Gasteiger partial charge >= 0.3 is 0 Å². The summed E-state index contributed by atoms with van der Waals surface area (Å²) in [7, 11) is 0. The first kappa shape index (κ1) is 16.5. The average Bonchev–Trinajstić information content (AvgIpc) is 2.56. The van der Waals surface area contributed by atoms with Crippen molar-refractivity contribution in [1.82, 2.24) is 14.5 Å². The Morgan fingerprint density at radius 1 is 1.33 bits per heavy atom. The molecule has 0 unspecified atom stereocenters. The maximum atomic E-state index is 13.9. The largest absolute Gasteiger partial charge is 0.330 e. The zero-order chi connectivity index (χ0) is 17.3. The Hall–Kier alpha value is -2.31. The topological polar surface area (TPSA) is 73.8 Å². The van der Waals surface area contributed by atoms with Gasteiger partial charge in [-0.25, -0.2) is 9.37 Å². The van der Waals surface area contributed by atoms with Crippen molar-refractivity contribution in [2.75, 3.05) is 6.54 Å². The van der Waals surface area contributed by atoms with E-state index >= 15 is 0 Å². The van der Waals surface area contributed by atoms with Gasteiger partial charge in [-0.05, 0) is 32.0 Å². The maximum Gasteiger partial charge on any atom is 0.267 e. The van der Waals surface area contributed by atoms with E-state index in [4.69, 9.17) is 17.3 Å².